The zero-order chi connectivity index (χ0) is 18.4. The van der Waals surface area contributed by atoms with Gasteiger partial charge in [-0.3, -0.25) is 9.59 Å². The molecule has 25 heavy (non-hydrogen) atoms. The summed E-state index contributed by atoms with van der Waals surface area (Å²) >= 11 is 0. The molecule has 0 atom stereocenters. The Balaban J connectivity index is 1.89. The van der Waals surface area contributed by atoms with Gasteiger partial charge in [0.2, 0.25) is 11.8 Å². The van der Waals surface area contributed by atoms with Crippen LogP contribution in [-0.4, -0.2) is 54.9 Å². The van der Waals surface area contributed by atoms with Gasteiger partial charge in [0.05, 0.1) is 13.5 Å². The zero-order valence-electron chi connectivity index (χ0n) is 15.3. The normalized spacial score (nSPS) is 14.8. The van der Waals surface area contributed by atoms with E-state index in [1.165, 1.54) is 19.2 Å². The number of ether oxygens (including phenoxy) is 1. The van der Waals surface area contributed by atoms with E-state index < -0.39 is 5.82 Å². The number of rotatable bonds is 6. The number of methoxy groups -OCH3 is 1. The van der Waals surface area contributed by atoms with E-state index in [4.69, 9.17) is 4.74 Å². The van der Waals surface area contributed by atoms with E-state index in [1.807, 2.05) is 18.7 Å². The van der Waals surface area contributed by atoms with Gasteiger partial charge in [0.1, 0.15) is 0 Å². The lowest BCUT2D eigenvalue weighted by molar-refractivity contribution is -0.142. The second-order valence-electron chi connectivity index (χ2n) is 6.37. The summed E-state index contributed by atoms with van der Waals surface area (Å²) in [7, 11) is 1.41. The molecule has 0 aromatic heterocycles. The van der Waals surface area contributed by atoms with E-state index in [0.29, 0.717) is 31.7 Å². The van der Waals surface area contributed by atoms with Crippen LogP contribution in [-0.2, 0) is 16.0 Å². The topological polar surface area (TPSA) is 49.9 Å². The van der Waals surface area contributed by atoms with Crippen molar-refractivity contribution in [1.82, 2.24) is 9.80 Å². The maximum Gasteiger partial charge on any atom is 0.227 e. The average molecular weight is 350 g/mol. The quantitative estimate of drug-likeness (QED) is 0.792. The molecule has 2 amide bonds. The number of hydrogen-bond donors (Lipinski definition) is 0. The molecule has 0 saturated carbocycles. The van der Waals surface area contributed by atoms with Crippen LogP contribution in [0.2, 0.25) is 0 Å². The van der Waals surface area contributed by atoms with E-state index in [0.717, 1.165) is 12.8 Å². The summed E-state index contributed by atoms with van der Waals surface area (Å²) in [6.07, 6.45) is 1.84. The minimum atomic E-state index is -0.464. The highest BCUT2D eigenvalue weighted by atomic mass is 19.1. The van der Waals surface area contributed by atoms with Gasteiger partial charge in [0.15, 0.2) is 11.6 Å². The Morgan fingerprint density at radius 2 is 1.72 bits per heavy atom. The Morgan fingerprint density at radius 3 is 2.24 bits per heavy atom. The van der Waals surface area contributed by atoms with E-state index in [-0.39, 0.29) is 29.9 Å². The standard InChI is InChI=1S/C19H27FN2O3/c1-4-15(5-2)19(24)22-10-8-21(9-11-22)18(23)13-14-6-7-17(25-3)16(20)12-14/h6-7,12,15H,4-5,8-11,13H2,1-3H3. The summed E-state index contributed by atoms with van der Waals surface area (Å²) in [5.41, 5.74) is 0.624. The van der Waals surface area contributed by atoms with Gasteiger partial charge in [0, 0.05) is 32.1 Å². The second-order valence-corrected chi connectivity index (χ2v) is 6.37. The summed E-state index contributed by atoms with van der Waals surface area (Å²) in [5.74, 6) is -0.0730. The van der Waals surface area contributed by atoms with Crippen LogP contribution in [0, 0.1) is 11.7 Å². The van der Waals surface area contributed by atoms with Crippen molar-refractivity contribution in [2.75, 3.05) is 33.3 Å². The van der Waals surface area contributed by atoms with Gasteiger partial charge >= 0.3 is 0 Å². The number of piperazine rings is 1. The molecule has 0 radical (unpaired) electrons. The van der Waals surface area contributed by atoms with E-state index in [1.54, 1.807) is 11.0 Å². The first-order valence-corrected chi connectivity index (χ1v) is 8.89. The Labute approximate surface area is 148 Å². The Bertz CT molecular complexity index is 609. The monoisotopic (exact) mass is 350 g/mol. The van der Waals surface area contributed by atoms with Gasteiger partial charge in [-0.25, -0.2) is 4.39 Å². The molecule has 2 rings (SSSR count). The lowest BCUT2D eigenvalue weighted by atomic mass is 10.0. The van der Waals surface area contributed by atoms with Crippen LogP contribution in [0.3, 0.4) is 0 Å². The molecule has 1 aliphatic heterocycles. The first-order valence-electron chi connectivity index (χ1n) is 8.89. The number of amides is 2. The minimum Gasteiger partial charge on any atom is -0.494 e. The first-order chi connectivity index (χ1) is 12.0. The SMILES string of the molecule is CCC(CC)C(=O)N1CCN(C(=O)Cc2ccc(OC)c(F)c2)CC1. The molecule has 6 heteroatoms. The molecule has 1 aromatic rings. The summed E-state index contributed by atoms with van der Waals surface area (Å²) in [6, 6.07) is 4.57. The maximum atomic E-state index is 13.7. The van der Waals surface area contributed by atoms with Crippen molar-refractivity contribution in [3.8, 4) is 5.75 Å². The van der Waals surface area contributed by atoms with Gasteiger partial charge in [0.25, 0.3) is 0 Å². The lowest BCUT2D eigenvalue weighted by Crippen LogP contribution is -2.52. The molecule has 0 aliphatic carbocycles. The number of halogens is 1. The zero-order valence-corrected chi connectivity index (χ0v) is 15.3. The van der Waals surface area contributed by atoms with Crippen LogP contribution < -0.4 is 4.74 Å². The third-order valence-corrected chi connectivity index (χ3v) is 4.85. The summed E-state index contributed by atoms with van der Waals surface area (Å²) in [5, 5.41) is 0. The van der Waals surface area contributed by atoms with Crippen molar-refractivity contribution >= 4 is 11.8 Å². The fraction of sp³-hybridized carbons (Fsp3) is 0.579. The highest BCUT2D eigenvalue weighted by Crippen LogP contribution is 2.19. The molecule has 5 nitrogen and oxygen atoms in total. The molecule has 1 heterocycles. The summed E-state index contributed by atoms with van der Waals surface area (Å²) in [4.78, 5) is 28.4. The molecule has 0 spiro atoms. The van der Waals surface area contributed by atoms with Crippen LogP contribution in [0.1, 0.15) is 32.3 Å². The molecule has 1 aliphatic rings. The molecule has 0 unspecified atom stereocenters. The number of carbonyl (C=O) groups is 2. The van der Waals surface area contributed by atoms with Gasteiger partial charge in [-0.15, -0.1) is 0 Å². The lowest BCUT2D eigenvalue weighted by Gasteiger charge is -2.36. The Morgan fingerprint density at radius 1 is 1.12 bits per heavy atom. The predicted molar refractivity (Wildman–Crippen MR) is 93.9 cm³/mol. The van der Waals surface area contributed by atoms with Crippen molar-refractivity contribution in [3.05, 3.63) is 29.6 Å². The Hall–Kier alpha value is -2.11. The van der Waals surface area contributed by atoms with Crippen molar-refractivity contribution < 1.29 is 18.7 Å². The number of nitrogens with zero attached hydrogens (tertiary/aromatic N) is 2. The van der Waals surface area contributed by atoms with Crippen LogP contribution in [0.5, 0.6) is 5.75 Å². The molecular formula is C19H27FN2O3. The van der Waals surface area contributed by atoms with Crippen LogP contribution in [0.4, 0.5) is 4.39 Å². The van der Waals surface area contributed by atoms with E-state index in [9.17, 15) is 14.0 Å². The van der Waals surface area contributed by atoms with Gasteiger partial charge in [-0.05, 0) is 30.5 Å². The molecule has 1 saturated heterocycles. The van der Waals surface area contributed by atoms with Crippen molar-refractivity contribution in [3.63, 3.8) is 0 Å². The van der Waals surface area contributed by atoms with Crippen molar-refractivity contribution in [2.45, 2.75) is 33.1 Å². The Kier molecular flexibility index (Phi) is 6.79. The highest BCUT2D eigenvalue weighted by Gasteiger charge is 2.27. The van der Waals surface area contributed by atoms with Crippen LogP contribution >= 0.6 is 0 Å². The number of benzene rings is 1. The molecular weight excluding hydrogens is 323 g/mol. The third kappa shape index (κ3) is 4.71. The molecule has 1 fully saturated rings. The average Bonchev–Trinajstić information content (AvgIpc) is 2.63. The van der Waals surface area contributed by atoms with Gasteiger partial charge in [-0.2, -0.15) is 0 Å². The molecule has 138 valence electrons. The fourth-order valence-corrected chi connectivity index (χ4v) is 3.18. The summed E-state index contributed by atoms with van der Waals surface area (Å²) < 4.78 is 18.6. The summed E-state index contributed by atoms with van der Waals surface area (Å²) in [6.45, 7) is 6.25. The van der Waals surface area contributed by atoms with Crippen LogP contribution in [0.25, 0.3) is 0 Å². The van der Waals surface area contributed by atoms with Crippen molar-refractivity contribution in [2.24, 2.45) is 5.92 Å². The molecule has 0 N–H and O–H groups in total. The molecule has 0 bridgehead atoms. The van der Waals surface area contributed by atoms with Crippen molar-refractivity contribution in [1.29, 1.82) is 0 Å². The van der Waals surface area contributed by atoms with Gasteiger partial charge < -0.3 is 14.5 Å². The highest BCUT2D eigenvalue weighted by molar-refractivity contribution is 5.81. The smallest absolute Gasteiger partial charge is 0.227 e. The van der Waals surface area contributed by atoms with E-state index in [2.05, 4.69) is 0 Å². The minimum absolute atomic E-state index is 0.0424. The predicted octanol–water partition coefficient (Wildman–Crippen LogP) is 2.48. The first kappa shape index (κ1) is 19.2. The maximum absolute atomic E-state index is 13.7. The third-order valence-electron chi connectivity index (χ3n) is 4.85. The second kappa shape index (κ2) is 8.83. The molecule has 1 aromatic carbocycles. The number of carbonyl (C=O) groups excluding carboxylic acids is 2. The van der Waals surface area contributed by atoms with Gasteiger partial charge in [-0.1, -0.05) is 19.9 Å². The van der Waals surface area contributed by atoms with E-state index >= 15 is 0 Å². The largest absolute Gasteiger partial charge is 0.494 e. The fourth-order valence-electron chi connectivity index (χ4n) is 3.18. The number of hydrogen-bond acceptors (Lipinski definition) is 3. The van der Waals surface area contributed by atoms with Crippen LogP contribution in [0.15, 0.2) is 18.2 Å².